The smallest absolute Gasteiger partial charge is 0.134 e. The van der Waals surface area contributed by atoms with Gasteiger partial charge in [-0.2, -0.15) is 5.10 Å². The Kier molecular flexibility index (Phi) is 2.25. The van der Waals surface area contributed by atoms with Gasteiger partial charge in [0.05, 0.1) is 11.9 Å². The van der Waals surface area contributed by atoms with Crippen molar-refractivity contribution >= 4 is 11.9 Å². The molecule has 1 heterocycles. The molecule has 0 aliphatic heterocycles. The Labute approximate surface area is 86.6 Å². The van der Waals surface area contributed by atoms with Crippen molar-refractivity contribution in [2.24, 2.45) is 0 Å². The molecular weight excluding hydrogens is 193 g/mol. The highest BCUT2D eigenvalue weighted by atomic mass is 19.1. The van der Waals surface area contributed by atoms with Crippen LogP contribution in [0.25, 0.3) is 11.8 Å². The van der Waals surface area contributed by atoms with E-state index in [4.69, 9.17) is 5.73 Å². The summed E-state index contributed by atoms with van der Waals surface area (Å²) in [5, 5.41) is 4.08. The Hall–Kier alpha value is -2.10. The van der Waals surface area contributed by atoms with E-state index in [1.807, 2.05) is 0 Å². The van der Waals surface area contributed by atoms with Gasteiger partial charge in [0.25, 0.3) is 0 Å². The molecule has 0 amide bonds. The summed E-state index contributed by atoms with van der Waals surface area (Å²) < 4.78 is 14.2. The van der Waals surface area contributed by atoms with Gasteiger partial charge in [0.1, 0.15) is 11.6 Å². The van der Waals surface area contributed by atoms with E-state index in [9.17, 15) is 4.39 Å². The summed E-state index contributed by atoms with van der Waals surface area (Å²) in [6, 6.07) is 5.96. The zero-order valence-corrected chi connectivity index (χ0v) is 8.02. The number of hydrogen-bond acceptors (Lipinski definition) is 2. The van der Waals surface area contributed by atoms with Crippen molar-refractivity contribution in [3.8, 4) is 5.69 Å². The molecule has 2 rings (SSSR count). The van der Waals surface area contributed by atoms with Crippen molar-refractivity contribution in [1.82, 2.24) is 9.78 Å². The van der Waals surface area contributed by atoms with Gasteiger partial charge < -0.3 is 5.73 Å². The molecule has 0 atom stereocenters. The third kappa shape index (κ3) is 1.61. The van der Waals surface area contributed by atoms with Crippen molar-refractivity contribution in [2.75, 3.05) is 5.73 Å². The van der Waals surface area contributed by atoms with Crippen molar-refractivity contribution in [2.45, 2.75) is 0 Å². The molecular formula is C11H10FN3. The van der Waals surface area contributed by atoms with Crippen molar-refractivity contribution < 1.29 is 4.39 Å². The minimum atomic E-state index is -0.284. The molecule has 0 aliphatic carbocycles. The molecule has 0 aliphatic rings. The van der Waals surface area contributed by atoms with E-state index in [-0.39, 0.29) is 5.82 Å². The van der Waals surface area contributed by atoms with Crippen LogP contribution in [0.2, 0.25) is 0 Å². The molecule has 0 saturated carbocycles. The van der Waals surface area contributed by atoms with Crippen LogP contribution in [0, 0.1) is 5.82 Å². The van der Waals surface area contributed by atoms with Crippen LogP contribution in [0.1, 0.15) is 5.56 Å². The summed E-state index contributed by atoms with van der Waals surface area (Å²) in [7, 11) is 0. The molecule has 1 aromatic carbocycles. The van der Waals surface area contributed by atoms with Gasteiger partial charge in [-0.05, 0) is 24.3 Å². The fourth-order valence-corrected chi connectivity index (χ4v) is 1.32. The first-order valence-electron chi connectivity index (χ1n) is 4.44. The molecule has 0 spiro atoms. The fraction of sp³-hybridized carbons (Fsp3) is 0. The number of halogens is 1. The van der Waals surface area contributed by atoms with E-state index in [2.05, 4.69) is 11.7 Å². The zero-order valence-electron chi connectivity index (χ0n) is 8.02. The van der Waals surface area contributed by atoms with Gasteiger partial charge >= 0.3 is 0 Å². The van der Waals surface area contributed by atoms with Crippen LogP contribution in [0.5, 0.6) is 0 Å². The Morgan fingerprint density at radius 2 is 2.00 bits per heavy atom. The second-order valence-corrected chi connectivity index (χ2v) is 3.08. The van der Waals surface area contributed by atoms with E-state index >= 15 is 0 Å². The summed E-state index contributed by atoms with van der Waals surface area (Å²) in [5.74, 6) is 0.213. The van der Waals surface area contributed by atoms with Crippen molar-refractivity contribution in [3.05, 3.63) is 48.4 Å². The number of aromatic nitrogens is 2. The third-order valence-electron chi connectivity index (χ3n) is 2.13. The van der Waals surface area contributed by atoms with Crippen LogP contribution < -0.4 is 5.73 Å². The van der Waals surface area contributed by atoms with Gasteiger partial charge in [0, 0.05) is 5.56 Å². The van der Waals surface area contributed by atoms with Crippen LogP contribution in [-0.4, -0.2) is 9.78 Å². The first-order valence-corrected chi connectivity index (χ1v) is 4.44. The van der Waals surface area contributed by atoms with Gasteiger partial charge in [-0.3, -0.25) is 0 Å². The standard InChI is InChI=1S/C11H10FN3/c1-2-8-7-14-15(11(8)13)10-5-3-9(12)4-6-10/h2-7H,1,13H2. The van der Waals surface area contributed by atoms with Gasteiger partial charge in [0.2, 0.25) is 0 Å². The normalized spacial score (nSPS) is 10.2. The van der Waals surface area contributed by atoms with E-state index in [1.54, 1.807) is 24.4 Å². The Morgan fingerprint density at radius 1 is 1.33 bits per heavy atom. The maximum Gasteiger partial charge on any atom is 0.134 e. The maximum absolute atomic E-state index is 12.7. The zero-order chi connectivity index (χ0) is 10.8. The van der Waals surface area contributed by atoms with Gasteiger partial charge in [-0.1, -0.05) is 12.7 Å². The first-order chi connectivity index (χ1) is 7.22. The lowest BCUT2D eigenvalue weighted by Crippen LogP contribution is -2.02. The highest BCUT2D eigenvalue weighted by Crippen LogP contribution is 2.17. The number of nitrogen functional groups attached to an aromatic ring is 1. The highest BCUT2D eigenvalue weighted by Gasteiger charge is 2.05. The number of nitrogens with zero attached hydrogens (tertiary/aromatic N) is 2. The molecule has 4 heteroatoms. The van der Waals surface area contributed by atoms with Crippen molar-refractivity contribution in [1.29, 1.82) is 0 Å². The average Bonchev–Trinajstić information content (AvgIpc) is 2.61. The van der Waals surface area contributed by atoms with Gasteiger partial charge in [-0.25, -0.2) is 9.07 Å². The van der Waals surface area contributed by atoms with Crippen LogP contribution in [0.4, 0.5) is 10.2 Å². The average molecular weight is 203 g/mol. The largest absolute Gasteiger partial charge is 0.383 e. The molecule has 0 unspecified atom stereocenters. The predicted molar refractivity (Wildman–Crippen MR) is 58.0 cm³/mol. The molecule has 0 bridgehead atoms. The Bertz CT molecular complexity index is 485. The maximum atomic E-state index is 12.7. The topological polar surface area (TPSA) is 43.8 Å². The monoisotopic (exact) mass is 203 g/mol. The van der Waals surface area contributed by atoms with Crippen LogP contribution in [0.15, 0.2) is 37.0 Å². The molecule has 0 saturated heterocycles. The summed E-state index contributed by atoms with van der Waals surface area (Å²) in [6.07, 6.45) is 3.24. The predicted octanol–water partition coefficient (Wildman–Crippen LogP) is 2.24. The molecule has 3 nitrogen and oxygen atoms in total. The van der Waals surface area contributed by atoms with Crippen molar-refractivity contribution in [3.63, 3.8) is 0 Å². The summed E-state index contributed by atoms with van der Waals surface area (Å²) in [6.45, 7) is 3.62. The van der Waals surface area contributed by atoms with E-state index in [1.165, 1.54) is 16.8 Å². The molecule has 2 N–H and O–H groups in total. The summed E-state index contributed by atoms with van der Waals surface area (Å²) >= 11 is 0. The van der Waals surface area contributed by atoms with E-state index in [0.717, 1.165) is 11.3 Å². The molecule has 0 fully saturated rings. The lowest BCUT2D eigenvalue weighted by atomic mass is 10.3. The van der Waals surface area contributed by atoms with Crippen LogP contribution in [-0.2, 0) is 0 Å². The van der Waals surface area contributed by atoms with Gasteiger partial charge in [-0.15, -0.1) is 0 Å². The fourth-order valence-electron chi connectivity index (χ4n) is 1.32. The minimum absolute atomic E-state index is 0.284. The molecule has 76 valence electrons. The Balaban J connectivity index is 2.49. The lowest BCUT2D eigenvalue weighted by molar-refractivity contribution is 0.627. The minimum Gasteiger partial charge on any atom is -0.383 e. The second kappa shape index (κ2) is 3.57. The molecule has 0 radical (unpaired) electrons. The summed E-state index contributed by atoms with van der Waals surface area (Å²) in [5.41, 5.74) is 7.31. The summed E-state index contributed by atoms with van der Waals surface area (Å²) in [4.78, 5) is 0. The number of hydrogen-bond donors (Lipinski definition) is 1. The Morgan fingerprint density at radius 3 is 2.53 bits per heavy atom. The SMILES string of the molecule is C=Cc1cnn(-c2ccc(F)cc2)c1N. The van der Waals surface area contributed by atoms with Crippen LogP contribution in [0.3, 0.4) is 0 Å². The third-order valence-corrected chi connectivity index (χ3v) is 2.13. The number of anilines is 1. The van der Waals surface area contributed by atoms with E-state index < -0.39 is 0 Å². The molecule has 1 aromatic heterocycles. The first kappa shape index (κ1) is 9.45. The van der Waals surface area contributed by atoms with E-state index in [0.29, 0.717) is 5.82 Å². The van der Waals surface area contributed by atoms with Gasteiger partial charge in [0.15, 0.2) is 0 Å². The molecule has 2 aromatic rings. The number of benzene rings is 1. The second-order valence-electron chi connectivity index (χ2n) is 3.08. The lowest BCUT2D eigenvalue weighted by Gasteiger charge is -2.03. The quantitative estimate of drug-likeness (QED) is 0.813. The van der Waals surface area contributed by atoms with Crippen LogP contribution >= 0.6 is 0 Å². The molecule has 15 heavy (non-hydrogen) atoms. The highest BCUT2D eigenvalue weighted by molar-refractivity contribution is 5.61. The number of nitrogens with two attached hydrogens (primary N) is 1. The number of rotatable bonds is 2.